The van der Waals surface area contributed by atoms with Gasteiger partial charge < -0.3 is 19.7 Å². The largest absolute Gasteiger partial charge is 0.493 e. The number of hydrogen-bond acceptors (Lipinski definition) is 6. The Kier molecular flexibility index (Phi) is 5.34. The molecule has 1 atom stereocenters. The Morgan fingerprint density at radius 2 is 2.00 bits per heavy atom. The number of anilines is 2. The van der Waals surface area contributed by atoms with E-state index in [1.54, 1.807) is 71.7 Å². The summed E-state index contributed by atoms with van der Waals surface area (Å²) < 4.78 is 12.2. The molecule has 30 heavy (non-hydrogen) atoms. The first-order valence-corrected chi connectivity index (χ1v) is 9.38. The molecule has 1 fully saturated rings. The standard InChI is InChI=1S/C21H21N5O4/c1-29-17-6-5-16(11-18(17)30-2)25-13-14(10-20(25)27)21(28)24-15-4-7-19(22-12-15)26-9-3-8-23-26/h3-9,11-12,14H,10,13H2,1-2H3,(H,24,28). The molecule has 2 amide bonds. The molecule has 1 aliphatic rings. The summed E-state index contributed by atoms with van der Waals surface area (Å²) in [4.78, 5) is 31.1. The van der Waals surface area contributed by atoms with Crippen LogP contribution < -0.4 is 19.7 Å². The molecule has 0 spiro atoms. The minimum absolute atomic E-state index is 0.116. The Morgan fingerprint density at radius 3 is 2.67 bits per heavy atom. The molecule has 2 aromatic heterocycles. The van der Waals surface area contributed by atoms with Crippen LogP contribution in [0.1, 0.15) is 6.42 Å². The van der Waals surface area contributed by atoms with Crippen molar-refractivity contribution in [2.45, 2.75) is 6.42 Å². The van der Waals surface area contributed by atoms with Crippen LogP contribution in [0.15, 0.2) is 55.0 Å². The third-order valence-electron chi connectivity index (χ3n) is 4.93. The molecular weight excluding hydrogens is 386 g/mol. The highest BCUT2D eigenvalue weighted by atomic mass is 16.5. The first-order valence-electron chi connectivity index (χ1n) is 9.38. The van der Waals surface area contributed by atoms with Gasteiger partial charge in [0.15, 0.2) is 17.3 Å². The summed E-state index contributed by atoms with van der Waals surface area (Å²) in [5.74, 6) is 0.951. The van der Waals surface area contributed by atoms with Crippen LogP contribution in [-0.4, -0.2) is 47.3 Å². The van der Waals surface area contributed by atoms with Crippen molar-refractivity contribution in [3.8, 4) is 17.3 Å². The molecule has 0 saturated carbocycles. The van der Waals surface area contributed by atoms with E-state index in [9.17, 15) is 9.59 Å². The second kappa shape index (κ2) is 8.24. The lowest BCUT2D eigenvalue weighted by Gasteiger charge is -2.18. The van der Waals surface area contributed by atoms with Gasteiger partial charge in [-0.2, -0.15) is 5.10 Å². The first-order chi connectivity index (χ1) is 14.6. The molecule has 1 aliphatic heterocycles. The number of hydrogen-bond donors (Lipinski definition) is 1. The fourth-order valence-corrected chi connectivity index (χ4v) is 3.37. The molecule has 3 aromatic rings. The second-order valence-electron chi connectivity index (χ2n) is 6.79. The van der Waals surface area contributed by atoms with Crippen molar-refractivity contribution < 1.29 is 19.1 Å². The number of nitrogens with zero attached hydrogens (tertiary/aromatic N) is 4. The van der Waals surface area contributed by atoms with Gasteiger partial charge in [0.25, 0.3) is 0 Å². The number of amides is 2. The van der Waals surface area contributed by atoms with Gasteiger partial charge in [-0.3, -0.25) is 9.59 Å². The third kappa shape index (κ3) is 3.82. The Labute approximate surface area is 173 Å². The van der Waals surface area contributed by atoms with Crippen LogP contribution in [0.2, 0.25) is 0 Å². The van der Waals surface area contributed by atoms with Crippen molar-refractivity contribution >= 4 is 23.2 Å². The maximum Gasteiger partial charge on any atom is 0.229 e. The minimum Gasteiger partial charge on any atom is -0.493 e. The zero-order chi connectivity index (χ0) is 21.1. The second-order valence-corrected chi connectivity index (χ2v) is 6.79. The highest BCUT2D eigenvalue weighted by Crippen LogP contribution is 2.34. The van der Waals surface area contributed by atoms with E-state index in [1.807, 2.05) is 0 Å². The minimum atomic E-state index is -0.462. The first kappa shape index (κ1) is 19.4. The fraction of sp³-hybridized carbons (Fsp3) is 0.238. The molecular formula is C21H21N5O4. The number of pyridine rings is 1. The smallest absolute Gasteiger partial charge is 0.229 e. The van der Waals surface area contributed by atoms with E-state index < -0.39 is 5.92 Å². The Hall–Kier alpha value is -3.88. The van der Waals surface area contributed by atoms with Gasteiger partial charge in [0.05, 0.1) is 32.0 Å². The van der Waals surface area contributed by atoms with E-state index in [4.69, 9.17) is 9.47 Å². The molecule has 1 aromatic carbocycles. The van der Waals surface area contributed by atoms with Gasteiger partial charge in [-0.05, 0) is 30.3 Å². The van der Waals surface area contributed by atoms with Crippen molar-refractivity contribution in [2.24, 2.45) is 5.92 Å². The van der Waals surface area contributed by atoms with E-state index in [-0.39, 0.29) is 18.2 Å². The van der Waals surface area contributed by atoms with Crippen LogP contribution in [-0.2, 0) is 9.59 Å². The summed E-state index contributed by atoms with van der Waals surface area (Å²) in [6.07, 6.45) is 5.16. The molecule has 1 N–H and O–H groups in total. The third-order valence-corrected chi connectivity index (χ3v) is 4.93. The lowest BCUT2D eigenvalue weighted by Crippen LogP contribution is -2.28. The van der Waals surface area contributed by atoms with Crippen LogP contribution in [0.5, 0.6) is 11.5 Å². The number of carbonyl (C=O) groups is 2. The molecule has 4 rings (SSSR count). The van der Waals surface area contributed by atoms with E-state index in [0.29, 0.717) is 35.2 Å². The van der Waals surface area contributed by atoms with E-state index in [0.717, 1.165) is 0 Å². The topological polar surface area (TPSA) is 98.6 Å². The maximum absolute atomic E-state index is 12.7. The molecule has 0 bridgehead atoms. The number of nitrogens with one attached hydrogen (secondary N) is 1. The van der Waals surface area contributed by atoms with Gasteiger partial charge in [-0.15, -0.1) is 0 Å². The molecule has 3 heterocycles. The Morgan fingerprint density at radius 1 is 1.17 bits per heavy atom. The normalized spacial score (nSPS) is 15.9. The monoisotopic (exact) mass is 407 g/mol. The van der Waals surface area contributed by atoms with Gasteiger partial charge >= 0.3 is 0 Å². The summed E-state index contributed by atoms with van der Waals surface area (Å²) in [5, 5.41) is 6.95. The zero-order valence-corrected chi connectivity index (χ0v) is 16.6. The van der Waals surface area contributed by atoms with Gasteiger partial charge in [0.2, 0.25) is 11.8 Å². The van der Waals surface area contributed by atoms with Crippen LogP contribution in [0.3, 0.4) is 0 Å². The van der Waals surface area contributed by atoms with Crippen molar-refractivity contribution in [3.05, 3.63) is 55.0 Å². The number of carbonyl (C=O) groups excluding carboxylic acids is 2. The summed E-state index contributed by atoms with van der Waals surface area (Å²) in [7, 11) is 3.09. The van der Waals surface area contributed by atoms with Crippen molar-refractivity contribution in [3.63, 3.8) is 0 Å². The van der Waals surface area contributed by atoms with E-state index >= 15 is 0 Å². The van der Waals surface area contributed by atoms with Crippen LogP contribution >= 0.6 is 0 Å². The van der Waals surface area contributed by atoms with Crippen molar-refractivity contribution in [2.75, 3.05) is 31.0 Å². The van der Waals surface area contributed by atoms with Gasteiger partial charge in [0.1, 0.15) is 0 Å². The van der Waals surface area contributed by atoms with Crippen LogP contribution in [0.25, 0.3) is 5.82 Å². The van der Waals surface area contributed by atoms with Gasteiger partial charge in [0, 0.05) is 37.1 Å². The molecule has 9 nitrogen and oxygen atoms in total. The van der Waals surface area contributed by atoms with E-state index in [1.165, 1.54) is 7.11 Å². The SMILES string of the molecule is COc1ccc(N2CC(C(=O)Nc3ccc(-n4cccn4)nc3)CC2=O)cc1OC. The van der Waals surface area contributed by atoms with Crippen LogP contribution in [0, 0.1) is 5.92 Å². The van der Waals surface area contributed by atoms with Gasteiger partial charge in [-0.1, -0.05) is 0 Å². The number of rotatable bonds is 6. The van der Waals surface area contributed by atoms with Crippen molar-refractivity contribution in [1.29, 1.82) is 0 Å². The predicted molar refractivity (Wildman–Crippen MR) is 110 cm³/mol. The molecule has 1 unspecified atom stereocenters. The summed E-state index contributed by atoms with van der Waals surface area (Å²) in [6, 6.07) is 10.6. The lowest BCUT2D eigenvalue weighted by molar-refractivity contribution is -0.122. The molecule has 9 heteroatoms. The van der Waals surface area contributed by atoms with Crippen LogP contribution in [0.4, 0.5) is 11.4 Å². The number of methoxy groups -OCH3 is 2. The number of ether oxygens (including phenoxy) is 2. The van der Waals surface area contributed by atoms with Crippen molar-refractivity contribution in [1.82, 2.24) is 14.8 Å². The average Bonchev–Trinajstić information content (AvgIpc) is 3.44. The average molecular weight is 407 g/mol. The summed E-state index contributed by atoms with van der Waals surface area (Å²) in [5.41, 5.74) is 1.23. The highest BCUT2D eigenvalue weighted by Gasteiger charge is 2.35. The summed E-state index contributed by atoms with van der Waals surface area (Å²) >= 11 is 0. The Balaban J connectivity index is 1.43. The number of aromatic nitrogens is 3. The van der Waals surface area contributed by atoms with Gasteiger partial charge in [-0.25, -0.2) is 9.67 Å². The summed E-state index contributed by atoms with van der Waals surface area (Å²) in [6.45, 7) is 0.291. The molecule has 154 valence electrons. The lowest BCUT2D eigenvalue weighted by atomic mass is 10.1. The molecule has 1 saturated heterocycles. The zero-order valence-electron chi connectivity index (χ0n) is 16.6. The quantitative estimate of drug-likeness (QED) is 0.673. The highest BCUT2D eigenvalue weighted by molar-refractivity contribution is 6.03. The number of benzene rings is 1. The maximum atomic E-state index is 12.7. The fourth-order valence-electron chi connectivity index (χ4n) is 3.37. The molecule has 0 radical (unpaired) electrons. The Bertz CT molecular complexity index is 1050. The van der Waals surface area contributed by atoms with E-state index in [2.05, 4.69) is 15.4 Å². The predicted octanol–water partition coefficient (Wildman–Crippen LogP) is 2.28. The molecule has 0 aliphatic carbocycles.